The van der Waals surface area contributed by atoms with Crippen molar-refractivity contribution in [1.82, 2.24) is 24.2 Å². The van der Waals surface area contributed by atoms with Gasteiger partial charge in [-0.2, -0.15) is 10.4 Å². The fourth-order valence-corrected chi connectivity index (χ4v) is 3.70. The summed E-state index contributed by atoms with van der Waals surface area (Å²) >= 11 is 5.57. The standard InChI is InChI=1S/C22H20N6S/c1-14-12-16(13-23)8-9-17(14)21-24-25-22(29)28(21)20-7-5-6-19-18(20)10-11-27(19)15(2)26(3)4/h5-12H,2H2,1,3-4H3,(H,25,29). The number of benzene rings is 2. The van der Waals surface area contributed by atoms with Crippen LogP contribution in [-0.2, 0) is 0 Å². The van der Waals surface area contributed by atoms with E-state index in [4.69, 9.17) is 17.5 Å². The summed E-state index contributed by atoms with van der Waals surface area (Å²) in [7, 11) is 3.94. The average Bonchev–Trinajstić information content (AvgIpc) is 3.30. The second-order valence-electron chi connectivity index (χ2n) is 7.04. The molecule has 0 bridgehead atoms. The second-order valence-corrected chi connectivity index (χ2v) is 7.42. The predicted octanol–water partition coefficient (Wildman–Crippen LogP) is 4.72. The van der Waals surface area contributed by atoms with Crippen molar-refractivity contribution >= 4 is 28.9 Å². The third kappa shape index (κ3) is 3.04. The maximum absolute atomic E-state index is 9.16. The van der Waals surface area contributed by atoms with Gasteiger partial charge in [-0.1, -0.05) is 12.6 Å². The van der Waals surface area contributed by atoms with E-state index in [0.29, 0.717) is 16.2 Å². The molecule has 0 spiro atoms. The summed E-state index contributed by atoms with van der Waals surface area (Å²) in [6.07, 6.45) is 2.01. The van der Waals surface area contributed by atoms with Crippen LogP contribution >= 0.6 is 12.2 Å². The Balaban J connectivity index is 1.95. The average molecular weight is 401 g/mol. The Morgan fingerprint density at radius 1 is 1.24 bits per heavy atom. The first-order valence-corrected chi connectivity index (χ1v) is 9.49. The molecule has 29 heavy (non-hydrogen) atoms. The molecule has 2 aromatic carbocycles. The van der Waals surface area contributed by atoms with E-state index >= 15 is 0 Å². The number of hydrogen-bond donors (Lipinski definition) is 1. The largest absolute Gasteiger partial charge is 0.364 e. The van der Waals surface area contributed by atoms with Crippen molar-refractivity contribution in [3.8, 4) is 23.1 Å². The van der Waals surface area contributed by atoms with E-state index in [0.717, 1.165) is 33.5 Å². The van der Waals surface area contributed by atoms with E-state index in [1.165, 1.54) is 0 Å². The Kier molecular flexibility index (Phi) is 4.57. The normalized spacial score (nSPS) is 10.8. The topological polar surface area (TPSA) is 65.6 Å². The van der Waals surface area contributed by atoms with Crippen LogP contribution in [0.2, 0.25) is 0 Å². The molecule has 2 heterocycles. The Morgan fingerprint density at radius 2 is 2.03 bits per heavy atom. The van der Waals surface area contributed by atoms with Gasteiger partial charge in [-0.15, -0.1) is 0 Å². The molecule has 4 aromatic rings. The summed E-state index contributed by atoms with van der Waals surface area (Å²) in [5.74, 6) is 1.58. The van der Waals surface area contributed by atoms with Gasteiger partial charge in [0.25, 0.3) is 0 Å². The highest BCUT2D eigenvalue weighted by Crippen LogP contribution is 2.30. The highest BCUT2D eigenvalue weighted by molar-refractivity contribution is 7.71. The van der Waals surface area contributed by atoms with Gasteiger partial charge in [0.2, 0.25) is 0 Å². The van der Waals surface area contributed by atoms with Gasteiger partial charge in [-0.3, -0.25) is 9.67 Å². The number of aryl methyl sites for hydroxylation is 1. The van der Waals surface area contributed by atoms with E-state index < -0.39 is 0 Å². The molecule has 144 valence electrons. The van der Waals surface area contributed by atoms with Crippen LogP contribution in [0.15, 0.2) is 55.2 Å². The van der Waals surface area contributed by atoms with Gasteiger partial charge in [0.1, 0.15) is 5.82 Å². The molecule has 0 aliphatic carbocycles. The summed E-state index contributed by atoms with van der Waals surface area (Å²) in [5.41, 5.74) is 4.47. The quantitative estimate of drug-likeness (QED) is 0.503. The molecule has 0 fully saturated rings. The van der Waals surface area contributed by atoms with E-state index in [-0.39, 0.29) is 0 Å². The lowest BCUT2D eigenvalue weighted by Gasteiger charge is -2.18. The molecular weight excluding hydrogens is 380 g/mol. The fraction of sp³-hybridized carbons (Fsp3) is 0.136. The zero-order valence-electron chi connectivity index (χ0n) is 16.5. The van der Waals surface area contributed by atoms with Crippen molar-refractivity contribution in [2.75, 3.05) is 14.1 Å². The first-order valence-electron chi connectivity index (χ1n) is 9.08. The van der Waals surface area contributed by atoms with Crippen molar-refractivity contribution < 1.29 is 0 Å². The molecule has 7 heteroatoms. The second kappa shape index (κ2) is 7.08. The van der Waals surface area contributed by atoms with Crippen LogP contribution in [-0.4, -0.2) is 38.3 Å². The molecule has 0 radical (unpaired) electrons. The van der Waals surface area contributed by atoms with E-state index in [2.05, 4.69) is 39.5 Å². The molecule has 0 aliphatic rings. The van der Waals surface area contributed by atoms with Gasteiger partial charge >= 0.3 is 0 Å². The van der Waals surface area contributed by atoms with Gasteiger partial charge < -0.3 is 9.47 Å². The molecule has 6 nitrogen and oxygen atoms in total. The lowest BCUT2D eigenvalue weighted by atomic mass is 10.0. The van der Waals surface area contributed by atoms with Crippen molar-refractivity contribution in [3.05, 3.63) is 71.1 Å². The highest BCUT2D eigenvalue weighted by atomic mass is 32.1. The minimum atomic E-state index is 0.510. The number of aromatic nitrogens is 4. The Bertz CT molecular complexity index is 1350. The van der Waals surface area contributed by atoms with Crippen molar-refractivity contribution in [2.24, 2.45) is 0 Å². The minimum absolute atomic E-state index is 0.510. The van der Waals surface area contributed by atoms with Crippen LogP contribution in [0.3, 0.4) is 0 Å². The van der Waals surface area contributed by atoms with Crippen LogP contribution in [0.5, 0.6) is 0 Å². The van der Waals surface area contributed by atoms with Crippen molar-refractivity contribution in [3.63, 3.8) is 0 Å². The molecule has 4 rings (SSSR count). The fourth-order valence-electron chi connectivity index (χ4n) is 3.47. The van der Waals surface area contributed by atoms with Crippen LogP contribution < -0.4 is 0 Å². The number of hydrogen-bond acceptors (Lipinski definition) is 4. The summed E-state index contributed by atoms with van der Waals surface area (Å²) in [6.45, 7) is 6.14. The van der Waals surface area contributed by atoms with E-state index in [1.807, 2.05) is 60.9 Å². The summed E-state index contributed by atoms with van der Waals surface area (Å²) in [4.78, 5) is 1.97. The maximum atomic E-state index is 9.16. The summed E-state index contributed by atoms with van der Waals surface area (Å²) < 4.78 is 4.50. The smallest absolute Gasteiger partial charge is 0.200 e. The van der Waals surface area contributed by atoms with Gasteiger partial charge in [0.15, 0.2) is 10.6 Å². The van der Waals surface area contributed by atoms with Gasteiger partial charge in [0.05, 0.1) is 22.8 Å². The molecule has 0 unspecified atom stereocenters. The third-order valence-electron chi connectivity index (χ3n) is 5.01. The van der Waals surface area contributed by atoms with Crippen molar-refractivity contribution in [2.45, 2.75) is 6.92 Å². The Hall–Kier alpha value is -3.63. The number of nitrogens with one attached hydrogen (secondary N) is 1. The van der Waals surface area contributed by atoms with Gasteiger partial charge in [-0.25, -0.2) is 0 Å². The zero-order valence-corrected chi connectivity index (χ0v) is 17.3. The molecule has 0 atom stereocenters. The first-order chi connectivity index (χ1) is 13.9. The van der Waals surface area contributed by atoms with Crippen LogP contribution in [0, 0.1) is 23.0 Å². The van der Waals surface area contributed by atoms with Crippen LogP contribution in [0.25, 0.3) is 33.8 Å². The van der Waals surface area contributed by atoms with Crippen LogP contribution in [0.4, 0.5) is 0 Å². The number of H-pyrrole nitrogens is 1. The molecule has 0 saturated heterocycles. The zero-order chi connectivity index (χ0) is 20.7. The SMILES string of the molecule is C=C(N(C)C)n1ccc2c(-n3c(-c4ccc(C#N)cc4C)n[nH]c3=S)cccc21. The van der Waals surface area contributed by atoms with Gasteiger partial charge in [0, 0.05) is 31.2 Å². The summed E-state index contributed by atoms with van der Waals surface area (Å²) in [6, 6.07) is 15.9. The number of nitriles is 1. The molecule has 0 aliphatic heterocycles. The van der Waals surface area contributed by atoms with Crippen LogP contribution in [0.1, 0.15) is 11.1 Å². The molecular formula is C22H20N6S. The van der Waals surface area contributed by atoms with E-state index in [9.17, 15) is 0 Å². The Morgan fingerprint density at radius 3 is 2.72 bits per heavy atom. The monoisotopic (exact) mass is 400 g/mol. The molecule has 2 aromatic heterocycles. The third-order valence-corrected chi connectivity index (χ3v) is 5.29. The maximum Gasteiger partial charge on any atom is 0.200 e. The Labute approximate surface area is 173 Å². The molecule has 0 saturated carbocycles. The van der Waals surface area contributed by atoms with E-state index in [1.54, 1.807) is 6.07 Å². The molecule has 0 amide bonds. The number of fused-ring (bicyclic) bond motifs is 1. The number of rotatable bonds is 4. The minimum Gasteiger partial charge on any atom is -0.364 e. The van der Waals surface area contributed by atoms with Gasteiger partial charge in [-0.05, 0) is 61.1 Å². The van der Waals surface area contributed by atoms with Crippen molar-refractivity contribution in [1.29, 1.82) is 5.26 Å². The predicted molar refractivity (Wildman–Crippen MR) is 118 cm³/mol. The molecule has 1 N–H and O–H groups in total. The summed E-state index contributed by atoms with van der Waals surface area (Å²) in [5, 5.41) is 17.6. The number of nitrogens with zero attached hydrogens (tertiary/aromatic N) is 5. The highest BCUT2D eigenvalue weighted by Gasteiger charge is 2.17. The number of aromatic amines is 1. The lowest BCUT2D eigenvalue weighted by molar-refractivity contribution is 0.561. The lowest BCUT2D eigenvalue weighted by Crippen LogP contribution is -2.13. The first kappa shape index (κ1) is 18.7.